The molecular formula is C43H44BBr3F2N8O10S4. The first-order valence-electron chi connectivity index (χ1n) is 21.4. The van der Waals surface area contributed by atoms with Gasteiger partial charge in [-0.1, -0.05) is 12.1 Å². The third-order valence-corrected chi connectivity index (χ3v) is 16.5. The monoisotopic (exact) mass is 1250 g/mol. The molecule has 2 saturated carbocycles. The highest BCUT2D eigenvalue weighted by atomic mass is 79.9. The predicted octanol–water partition coefficient (Wildman–Crippen LogP) is 5.49. The second-order valence-electron chi connectivity index (χ2n) is 15.8. The summed E-state index contributed by atoms with van der Waals surface area (Å²) < 4.78 is 84.4. The maximum absolute atomic E-state index is 13.2. The van der Waals surface area contributed by atoms with E-state index in [1.807, 2.05) is 0 Å². The summed E-state index contributed by atoms with van der Waals surface area (Å²) in [5.74, 6) is -4.66. The molecule has 0 bridgehead atoms. The molecule has 2 fully saturated rings. The van der Waals surface area contributed by atoms with E-state index in [1.54, 1.807) is 48.5 Å². The van der Waals surface area contributed by atoms with Gasteiger partial charge < -0.3 is 31.1 Å². The number of rotatable bonds is 19. The number of ether oxygens (including phenoxy) is 1. The topological polar surface area (TPSA) is 266 Å². The van der Waals surface area contributed by atoms with Gasteiger partial charge in [-0.3, -0.25) is 19.2 Å². The van der Waals surface area contributed by atoms with Crippen LogP contribution in [0, 0.1) is 11.9 Å². The second-order valence-corrected chi connectivity index (χ2v) is 28.8. The number of sulfone groups is 2. The lowest BCUT2D eigenvalue weighted by atomic mass is 10.1. The number of hydrogen-bond acceptors (Lipinski definition) is 16. The quantitative estimate of drug-likeness (QED) is 0.0496. The van der Waals surface area contributed by atoms with Gasteiger partial charge in [0, 0.05) is 42.7 Å². The van der Waals surface area contributed by atoms with Crippen molar-refractivity contribution in [2.45, 2.75) is 48.3 Å². The Bertz CT molecular complexity index is 3080. The molecule has 4 amide bonds. The number of halogens is 5. The number of nitrogens with one attached hydrogen (secondary N) is 4. The third kappa shape index (κ3) is 16.5. The number of fused-ring (bicyclic) bond motifs is 2. The Balaban J connectivity index is 0.000000216. The number of aliphatic hydroxyl groups is 1. The van der Waals surface area contributed by atoms with E-state index in [4.69, 9.17) is 4.74 Å². The summed E-state index contributed by atoms with van der Waals surface area (Å²) in [4.78, 5) is 65.7. The minimum absolute atomic E-state index is 0.0351. The number of carbonyl (C=O) groups excluding carboxylic acids is 4. The molecule has 4 aromatic heterocycles. The molecule has 2 aliphatic rings. The molecule has 0 spiro atoms. The highest BCUT2D eigenvalue weighted by Gasteiger charge is 2.38. The number of methoxy groups -OCH3 is 1. The molecule has 6 aromatic rings. The van der Waals surface area contributed by atoms with Crippen molar-refractivity contribution in [1.29, 1.82) is 0 Å². The van der Waals surface area contributed by atoms with Crippen molar-refractivity contribution in [3.05, 3.63) is 95.0 Å². The average Bonchev–Trinajstić information content (AvgIpc) is 4.24. The molecule has 2 unspecified atom stereocenters. The maximum atomic E-state index is 13.2. The van der Waals surface area contributed by atoms with Gasteiger partial charge in [-0.05, 0) is 85.3 Å². The van der Waals surface area contributed by atoms with Crippen LogP contribution in [-0.4, -0.2) is 126 Å². The Morgan fingerprint density at radius 3 is 1.44 bits per heavy atom. The van der Waals surface area contributed by atoms with E-state index >= 15 is 0 Å². The number of thiazole rings is 2. The second kappa shape index (κ2) is 25.5. The lowest BCUT2D eigenvalue weighted by Crippen LogP contribution is -2.41. The van der Waals surface area contributed by atoms with Crippen LogP contribution in [0.2, 0.25) is 0 Å². The summed E-state index contributed by atoms with van der Waals surface area (Å²) in [5.41, 5.74) is 3.82. The number of amides is 4. The predicted molar refractivity (Wildman–Crippen MR) is 279 cm³/mol. The van der Waals surface area contributed by atoms with Crippen LogP contribution in [0.15, 0.2) is 73.1 Å². The highest BCUT2D eigenvalue weighted by molar-refractivity contribution is 9.69. The highest BCUT2D eigenvalue weighted by Crippen LogP contribution is 2.36. The summed E-state index contributed by atoms with van der Waals surface area (Å²) in [6, 6.07) is 16.3. The van der Waals surface area contributed by atoms with Crippen molar-refractivity contribution < 1.29 is 54.6 Å². The van der Waals surface area contributed by atoms with Gasteiger partial charge in [0.2, 0.25) is 35.5 Å². The van der Waals surface area contributed by atoms with Gasteiger partial charge >= 0.3 is 3.18 Å². The standard InChI is InChI=1S/C22H23FN4O5S2.C21H21FN4O5S2.BBr3/c1-32-8-9-34(30,31)20(21(29)25-12-19(28)26-15-4-5-15)22-27-16-6-2-13(10-17(16)33-22)14-3-7-18(23)24-11-14;22-17-6-2-13(10-23-17)12-1-5-15-16(9-12)32-21(26-15)19(33(30,31)8-7-27)20(29)24-11-18(28)25-14-3-4-14;2-1(3)4/h2-3,6-7,10-11,15,20H,4-5,8-9,12H2,1H3,(H,25,29)(H,26,28);1-2,5-6,9-10,14,19,27H,3-4,7-8,11H2,(H,24,29)(H,25,28);. The zero-order chi connectivity index (χ0) is 51.5. The van der Waals surface area contributed by atoms with Gasteiger partial charge in [0.1, 0.15) is 10.0 Å². The fourth-order valence-electron chi connectivity index (χ4n) is 6.51. The molecule has 0 saturated heterocycles. The number of aliphatic hydroxyl groups excluding tert-OH is 1. The zero-order valence-electron chi connectivity index (χ0n) is 37.3. The SMILES string of the molecule is BrB(Br)Br.COCCS(=O)(=O)C(C(=O)NCC(=O)NC1CC1)c1nc2ccc(-c3ccc(F)nc3)cc2s1.O=C(CNC(=O)C(c1nc2ccc(-c3ccc(F)nc3)cc2s1)S(=O)(=O)CCO)NC1CC1. The van der Waals surface area contributed by atoms with Gasteiger partial charge in [0.15, 0.2) is 30.2 Å². The minimum atomic E-state index is -4.10. The number of hydrogen-bond donors (Lipinski definition) is 5. The van der Waals surface area contributed by atoms with Crippen LogP contribution in [0.4, 0.5) is 8.78 Å². The van der Waals surface area contributed by atoms with Crippen molar-refractivity contribution in [2.75, 3.05) is 44.9 Å². The normalized spacial score (nSPS) is 14.2. The fraction of sp³-hybridized carbons (Fsp3) is 0.349. The molecule has 2 aromatic carbocycles. The molecule has 28 heteroatoms. The summed E-state index contributed by atoms with van der Waals surface area (Å²) in [6.07, 6.45) is 6.35. The van der Waals surface area contributed by atoms with Crippen LogP contribution < -0.4 is 21.3 Å². The van der Waals surface area contributed by atoms with Crippen LogP contribution in [-0.2, 0) is 43.6 Å². The van der Waals surface area contributed by atoms with Crippen molar-refractivity contribution in [1.82, 2.24) is 41.2 Å². The lowest BCUT2D eigenvalue weighted by Gasteiger charge is -2.15. The molecule has 8 rings (SSSR count). The molecule has 18 nitrogen and oxygen atoms in total. The van der Waals surface area contributed by atoms with Crippen molar-refractivity contribution in [3.8, 4) is 22.3 Å². The molecule has 0 radical (unpaired) electrons. The number of nitrogens with zero attached hydrogens (tertiary/aromatic N) is 4. The van der Waals surface area contributed by atoms with Crippen molar-refractivity contribution in [3.63, 3.8) is 0 Å². The van der Waals surface area contributed by atoms with Crippen molar-refractivity contribution in [2.24, 2.45) is 0 Å². The number of pyridine rings is 2. The molecular weight excluding hydrogens is 1210 g/mol. The smallest absolute Gasteiger partial charge is 0.369 e. The lowest BCUT2D eigenvalue weighted by molar-refractivity contribution is -0.126. The van der Waals surface area contributed by atoms with E-state index in [0.717, 1.165) is 59.5 Å². The molecule has 2 atom stereocenters. The van der Waals surface area contributed by atoms with Crippen LogP contribution in [0.3, 0.4) is 0 Å². The van der Waals surface area contributed by atoms with E-state index in [0.29, 0.717) is 31.6 Å². The average molecular weight is 1250 g/mol. The van der Waals surface area contributed by atoms with Crippen molar-refractivity contribution >= 4 is 137 Å². The largest absolute Gasteiger partial charge is 0.395 e. The first-order valence-corrected chi connectivity index (χ1v) is 29.2. The minimum Gasteiger partial charge on any atom is -0.395 e. The summed E-state index contributed by atoms with van der Waals surface area (Å²) in [5, 5.41) is 16.4. The van der Waals surface area contributed by atoms with Crippen LogP contribution in [0.1, 0.15) is 46.2 Å². The van der Waals surface area contributed by atoms with Crippen LogP contribution >= 0.6 is 69.9 Å². The number of aromatic nitrogens is 4. The van der Waals surface area contributed by atoms with Gasteiger partial charge in [0.25, 0.3) is 0 Å². The zero-order valence-corrected chi connectivity index (χ0v) is 45.3. The molecule has 0 aliphatic heterocycles. The third-order valence-electron chi connectivity index (χ3n) is 10.3. The van der Waals surface area contributed by atoms with E-state index in [-0.39, 0.29) is 56.6 Å². The molecule has 71 heavy (non-hydrogen) atoms. The molecule has 2 aliphatic carbocycles. The van der Waals surface area contributed by atoms with Gasteiger partial charge in [0.05, 0.1) is 58.2 Å². The summed E-state index contributed by atoms with van der Waals surface area (Å²) >= 11 is 11.4. The molecule has 5 N–H and O–H groups in total. The van der Waals surface area contributed by atoms with E-state index < -0.39 is 72.2 Å². The van der Waals surface area contributed by atoms with E-state index in [2.05, 4.69) is 88.5 Å². The summed E-state index contributed by atoms with van der Waals surface area (Å²) in [6.45, 7) is -1.41. The Morgan fingerprint density at radius 1 is 0.690 bits per heavy atom. The first kappa shape index (κ1) is 55.9. The summed E-state index contributed by atoms with van der Waals surface area (Å²) in [7, 11) is -6.71. The van der Waals surface area contributed by atoms with Gasteiger partial charge in [-0.25, -0.2) is 36.8 Å². The van der Waals surface area contributed by atoms with Gasteiger partial charge in [-0.15, -0.1) is 69.9 Å². The number of carbonyl (C=O) groups is 4. The Labute approximate surface area is 439 Å². The van der Waals surface area contributed by atoms with E-state index in [9.17, 15) is 49.9 Å². The maximum Gasteiger partial charge on any atom is 0.369 e. The molecule has 4 heterocycles. The fourth-order valence-corrected chi connectivity index (χ4v) is 12.3. The Kier molecular flexibility index (Phi) is 20.1. The Hall–Kier alpha value is -4.42. The number of benzene rings is 2. The van der Waals surface area contributed by atoms with Crippen LogP contribution in [0.5, 0.6) is 0 Å². The van der Waals surface area contributed by atoms with E-state index in [1.165, 1.54) is 31.6 Å². The van der Waals surface area contributed by atoms with Gasteiger partial charge in [-0.2, -0.15) is 8.78 Å². The Morgan fingerprint density at radius 2 is 1.08 bits per heavy atom. The first-order chi connectivity index (χ1) is 33.8. The van der Waals surface area contributed by atoms with Crippen LogP contribution in [0.25, 0.3) is 42.7 Å². The molecule has 378 valence electrons.